The highest BCUT2D eigenvalue weighted by Gasteiger charge is 2.26. The zero-order valence-corrected chi connectivity index (χ0v) is 17.3. The molecule has 2 aliphatic carbocycles. The third-order valence-corrected chi connectivity index (χ3v) is 7.43. The van der Waals surface area contributed by atoms with Crippen LogP contribution in [0.3, 0.4) is 0 Å². The number of nitrogens with zero attached hydrogens (tertiary/aromatic N) is 1. The number of hydrogen-bond donors (Lipinski definition) is 1. The lowest BCUT2D eigenvalue weighted by Crippen LogP contribution is -2.35. The van der Waals surface area contributed by atoms with E-state index >= 15 is 0 Å². The molecule has 0 radical (unpaired) electrons. The Kier molecular flexibility index (Phi) is 5.06. The van der Waals surface area contributed by atoms with E-state index in [0.29, 0.717) is 6.04 Å². The molecule has 1 aromatic carbocycles. The summed E-state index contributed by atoms with van der Waals surface area (Å²) in [5, 5.41) is 4.75. The van der Waals surface area contributed by atoms with Crippen LogP contribution < -0.4 is 5.32 Å². The second-order valence-electron chi connectivity index (χ2n) is 8.19. The molecule has 1 saturated carbocycles. The van der Waals surface area contributed by atoms with Gasteiger partial charge >= 0.3 is 0 Å². The van der Waals surface area contributed by atoms with Gasteiger partial charge in [0.15, 0.2) is 0 Å². The summed E-state index contributed by atoms with van der Waals surface area (Å²) >= 11 is 0. The number of benzene rings is 1. The molecule has 2 aromatic rings. The van der Waals surface area contributed by atoms with Crippen molar-refractivity contribution in [3.8, 4) is 0 Å². The SMILES string of the molecule is C=C(C)/C=C\C(=C)S(=O)(=O)n1ccc2c3c(ccc21)CCC(NCC1CC1)C3. The fourth-order valence-electron chi connectivity index (χ4n) is 3.94. The Morgan fingerprint density at radius 3 is 2.71 bits per heavy atom. The van der Waals surface area contributed by atoms with E-state index in [1.54, 1.807) is 12.3 Å². The summed E-state index contributed by atoms with van der Waals surface area (Å²) in [4.78, 5) is 0.0645. The molecule has 1 unspecified atom stereocenters. The number of fused-ring (bicyclic) bond motifs is 3. The molecule has 5 heteroatoms. The highest BCUT2D eigenvalue weighted by atomic mass is 32.2. The van der Waals surface area contributed by atoms with Crippen LogP contribution in [-0.4, -0.2) is 25.0 Å². The molecule has 1 aromatic heterocycles. The normalized spacial score (nSPS) is 19.8. The Morgan fingerprint density at radius 1 is 1.21 bits per heavy atom. The average Bonchev–Trinajstić information content (AvgIpc) is 3.39. The van der Waals surface area contributed by atoms with Gasteiger partial charge in [0.1, 0.15) is 0 Å². The van der Waals surface area contributed by atoms with E-state index in [4.69, 9.17) is 0 Å². The van der Waals surface area contributed by atoms with Gasteiger partial charge in [-0.05, 0) is 80.8 Å². The maximum absolute atomic E-state index is 13.0. The third-order valence-electron chi connectivity index (χ3n) is 5.79. The van der Waals surface area contributed by atoms with Crippen molar-refractivity contribution in [1.29, 1.82) is 0 Å². The quantitative estimate of drug-likeness (QED) is 0.709. The molecule has 1 fully saturated rings. The maximum atomic E-state index is 13.0. The molecular formula is C23H28N2O2S. The lowest BCUT2D eigenvalue weighted by atomic mass is 9.86. The van der Waals surface area contributed by atoms with Gasteiger partial charge in [0, 0.05) is 17.6 Å². The van der Waals surface area contributed by atoms with Crippen molar-refractivity contribution in [2.75, 3.05) is 6.54 Å². The first-order valence-corrected chi connectivity index (χ1v) is 11.4. The topological polar surface area (TPSA) is 51.1 Å². The second kappa shape index (κ2) is 7.37. The van der Waals surface area contributed by atoms with E-state index in [1.165, 1.54) is 34.0 Å². The standard InChI is InChI=1S/C23H28N2O2S/c1-16(2)4-5-17(3)28(26,27)25-13-12-21-22-14-20(24-15-18-6-7-18)10-8-19(22)9-11-23(21)25/h4-5,9,11-13,18,20,24H,1,3,6-8,10,14-15H2,2H3/b5-4-. The van der Waals surface area contributed by atoms with E-state index in [0.717, 1.165) is 48.2 Å². The second-order valence-corrected chi connectivity index (χ2v) is 10.1. The minimum Gasteiger partial charge on any atom is -0.313 e. The summed E-state index contributed by atoms with van der Waals surface area (Å²) in [7, 11) is -3.69. The van der Waals surface area contributed by atoms with Crippen LogP contribution in [0.1, 0.15) is 37.3 Å². The number of allylic oxidation sites excluding steroid dienone is 3. The molecule has 0 aliphatic heterocycles. The molecule has 0 saturated heterocycles. The van der Waals surface area contributed by atoms with Crippen molar-refractivity contribution in [1.82, 2.24) is 9.29 Å². The van der Waals surface area contributed by atoms with Gasteiger partial charge in [0.2, 0.25) is 0 Å². The van der Waals surface area contributed by atoms with Crippen LogP contribution in [0.4, 0.5) is 0 Å². The van der Waals surface area contributed by atoms with Crippen molar-refractivity contribution in [3.05, 3.63) is 71.3 Å². The van der Waals surface area contributed by atoms with Crippen molar-refractivity contribution in [2.24, 2.45) is 5.92 Å². The van der Waals surface area contributed by atoms with Gasteiger partial charge in [-0.25, -0.2) is 12.4 Å². The summed E-state index contributed by atoms with van der Waals surface area (Å²) in [6.45, 7) is 10.5. The number of aromatic nitrogens is 1. The summed E-state index contributed by atoms with van der Waals surface area (Å²) in [5.74, 6) is 0.863. The van der Waals surface area contributed by atoms with E-state index < -0.39 is 10.0 Å². The van der Waals surface area contributed by atoms with Crippen LogP contribution >= 0.6 is 0 Å². The number of aryl methyl sites for hydroxylation is 1. The van der Waals surface area contributed by atoms with E-state index in [-0.39, 0.29) is 4.91 Å². The molecule has 1 N–H and O–H groups in total. The smallest absolute Gasteiger partial charge is 0.267 e. The molecule has 0 amide bonds. The summed E-state index contributed by atoms with van der Waals surface area (Å²) < 4.78 is 27.4. The largest absolute Gasteiger partial charge is 0.313 e. The van der Waals surface area contributed by atoms with Crippen molar-refractivity contribution in [2.45, 2.75) is 45.1 Å². The van der Waals surface area contributed by atoms with E-state index in [2.05, 4.69) is 24.5 Å². The molecular weight excluding hydrogens is 368 g/mol. The number of hydrogen-bond acceptors (Lipinski definition) is 3. The lowest BCUT2D eigenvalue weighted by molar-refractivity contribution is 0.450. The first kappa shape index (κ1) is 19.2. The first-order chi connectivity index (χ1) is 13.4. The molecule has 4 nitrogen and oxygen atoms in total. The highest BCUT2D eigenvalue weighted by Crippen LogP contribution is 2.32. The lowest BCUT2D eigenvalue weighted by Gasteiger charge is -2.26. The van der Waals surface area contributed by atoms with Gasteiger partial charge < -0.3 is 5.32 Å². The van der Waals surface area contributed by atoms with Crippen molar-refractivity contribution >= 4 is 20.9 Å². The fourth-order valence-corrected chi connectivity index (χ4v) is 5.07. The van der Waals surface area contributed by atoms with Gasteiger partial charge in [-0.2, -0.15) is 0 Å². The Morgan fingerprint density at radius 2 is 2.00 bits per heavy atom. The zero-order valence-electron chi connectivity index (χ0n) is 16.4. The van der Waals surface area contributed by atoms with Gasteiger partial charge in [0.25, 0.3) is 10.0 Å². The Labute approximate surface area is 167 Å². The van der Waals surface area contributed by atoms with Gasteiger partial charge in [-0.15, -0.1) is 0 Å². The predicted molar refractivity (Wildman–Crippen MR) is 116 cm³/mol. The Bertz CT molecular complexity index is 1070. The van der Waals surface area contributed by atoms with Gasteiger partial charge in [-0.1, -0.05) is 30.9 Å². The van der Waals surface area contributed by atoms with Gasteiger partial charge in [0.05, 0.1) is 10.4 Å². The number of nitrogens with one attached hydrogen (secondary N) is 1. The molecule has 1 atom stereocenters. The predicted octanol–water partition coefficient (Wildman–Crippen LogP) is 4.32. The van der Waals surface area contributed by atoms with Crippen LogP contribution in [0.25, 0.3) is 10.9 Å². The Balaban J connectivity index is 1.65. The molecule has 0 spiro atoms. The highest BCUT2D eigenvalue weighted by molar-refractivity contribution is 7.94. The van der Waals surface area contributed by atoms with Crippen LogP contribution in [0.15, 0.2) is 60.2 Å². The van der Waals surface area contributed by atoms with Crippen LogP contribution in [-0.2, 0) is 22.9 Å². The average molecular weight is 397 g/mol. The van der Waals surface area contributed by atoms with Crippen molar-refractivity contribution < 1.29 is 8.42 Å². The molecule has 0 bridgehead atoms. The van der Waals surface area contributed by atoms with Crippen LogP contribution in [0.2, 0.25) is 0 Å². The van der Waals surface area contributed by atoms with Crippen LogP contribution in [0, 0.1) is 5.92 Å². The van der Waals surface area contributed by atoms with Crippen molar-refractivity contribution in [3.63, 3.8) is 0 Å². The molecule has 1 heterocycles. The maximum Gasteiger partial charge on any atom is 0.267 e. The summed E-state index contributed by atoms with van der Waals surface area (Å²) in [5.41, 5.74) is 4.14. The fraction of sp³-hybridized carbons (Fsp3) is 0.391. The Hall–Kier alpha value is -2.11. The summed E-state index contributed by atoms with van der Waals surface area (Å²) in [6.07, 6.45) is 10.7. The first-order valence-electron chi connectivity index (χ1n) is 9.99. The molecule has 28 heavy (non-hydrogen) atoms. The van der Waals surface area contributed by atoms with E-state index in [1.807, 2.05) is 19.1 Å². The molecule has 2 aliphatic rings. The number of rotatable bonds is 7. The monoisotopic (exact) mass is 396 g/mol. The zero-order chi connectivity index (χ0) is 19.9. The molecule has 148 valence electrons. The minimum atomic E-state index is -3.69. The van der Waals surface area contributed by atoms with Crippen LogP contribution in [0.5, 0.6) is 0 Å². The third kappa shape index (κ3) is 3.74. The van der Waals surface area contributed by atoms with Gasteiger partial charge in [-0.3, -0.25) is 0 Å². The van der Waals surface area contributed by atoms with E-state index in [9.17, 15) is 8.42 Å². The summed E-state index contributed by atoms with van der Waals surface area (Å²) in [6, 6.07) is 6.43. The minimum absolute atomic E-state index is 0.0645. The molecule has 4 rings (SSSR count).